The summed E-state index contributed by atoms with van der Waals surface area (Å²) < 4.78 is 0. The van der Waals surface area contributed by atoms with Gasteiger partial charge in [0, 0.05) is 37.1 Å². The molecule has 0 fully saturated rings. The van der Waals surface area contributed by atoms with E-state index in [-0.39, 0.29) is 5.91 Å². The van der Waals surface area contributed by atoms with Crippen molar-refractivity contribution in [2.45, 2.75) is 26.2 Å². The number of benzene rings is 2. The first-order chi connectivity index (χ1) is 13.0. The average Bonchev–Trinajstić information content (AvgIpc) is 2.67. The maximum atomic E-state index is 12.9. The van der Waals surface area contributed by atoms with E-state index in [0.717, 1.165) is 29.6 Å². The van der Waals surface area contributed by atoms with E-state index in [0.29, 0.717) is 18.0 Å². The molecule has 3 aromatic rings. The Labute approximate surface area is 160 Å². The molecule has 1 atom stereocenters. The van der Waals surface area contributed by atoms with Crippen LogP contribution in [-0.2, 0) is 0 Å². The van der Waals surface area contributed by atoms with Crippen molar-refractivity contribution in [1.29, 1.82) is 0 Å². The lowest BCUT2D eigenvalue weighted by Gasteiger charge is -2.33. The molecule has 1 N–H and O–H groups in total. The first-order valence-electron chi connectivity index (χ1n) is 9.49. The van der Waals surface area contributed by atoms with Gasteiger partial charge in [-0.1, -0.05) is 29.8 Å². The molecule has 4 rings (SSSR count). The molecular formula is C23H25N3O. The lowest BCUT2D eigenvalue weighted by Crippen LogP contribution is -2.34. The standard InChI is InChI=1S/C23H25N3O/c1-15-8-9-21-18(12-15)13-20(16(2)25-21)23(27)24-14-17-10-11-26(3)22-7-5-4-6-19(17)22/h4-9,12-13,17H,10-11,14H2,1-3H3,(H,24,27)/t17-/m0/s1. The van der Waals surface area contributed by atoms with Crippen LogP contribution in [0.2, 0.25) is 0 Å². The first-order valence-corrected chi connectivity index (χ1v) is 9.49. The maximum absolute atomic E-state index is 12.9. The van der Waals surface area contributed by atoms with Crippen molar-refractivity contribution in [3.05, 3.63) is 70.9 Å². The Kier molecular flexibility index (Phi) is 4.56. The van der Waals surface area contributed by atoms with Crippen LogP contribution >= 0.6 is 0 Å². The number of amides is 1. The molecule has 0 spiro atoms. The number of anilines is 1. The number of aryl methyl sites for hydroxylation is 2. The van der Waals surface area contributed by atoms with Crippen molar-refractivity contribution in [2.75, 3.05) is 25.0 Å². The van der Waals surface area contributed by atoms with E-state index in [1.807, 2.05) is 25.1 Å². The van der Waals surface area contributed by atoms with Gasteiger partial charge in [0.1, 0.15) is 0 Å². The third kappa shape index (κ3) is 3.39. The average molecular weight is 359 g/mol. The summed E-state index contributed by atoms with van der Waals surface area (Å²) in [5.74, 6) is 0.303. The number of pyridine rings is 1. The zero-order valence-electron chi connectivity index (χ0n) is 16.1. The van der Waals surface area contributed by atoms with Gasteiger partial charge in [-0.15, -0.1) is 0 Å². The van der Waals surface area contributed by atoms with Crippen molar-refractivity contribution in [1.82, 2.24) is 10.3 Å². The molecule has 0 saturated heterocycles. The molecule has 2 aromatic carbocycles. The van der Waals surface area contributed by atoms with Gasteiger partial charge < -0.3 is 10.2 Å². The monoisotopic (exact) mass is 359 g/mol. The summed E-state index contributed by atoms with van der Waals surface area (Å²) >= 11 is 0. The van der Waals surface area contributed by atoms with Gasteiger partial charge in [0.2, 0.25) is 0 Å². The second-order valence-electron chi connectivity index (χ2n) is 7.49. The van der Waals surface area contributed by atoms with E-state index in [4.69, 9.17) is 0 Å². The fourth-order valence-corrected chi connectivity index (χ4v) is 3.95. The summed E-state index contributed by atoms with van der Waals surface area (Å²) in [4.78, 5) is 19.7. The highest BCUT2D eigenvalue weighted by Gasteiger charge is 2.23. The zero-order chi connectivity index (χ0) is 19.0. The lowest BCUT2D eigenvalue weighted by atomic mass is 9.90. The van der Waals surface area contributed by atoms with Gasteiger partial charge in [0.25, 0.3) is 5.91 Å². The highest BCUT2D eigenvalue weighted by molar-refractivity contribution is 5.98. The molecule has 0 unspecified atom stereocenters. The van der Waals surface area contributed by atoms with Crippen molar-refractivity contribution in [3.63, 3.8) is 0 Å². The number of hydrogen-bond acceptors (Lipinski definition) is 3. The number of nitrogens with one attached hydrogen (secondary N) is 1. The molecule has 4 nitrogen and oxygen atoms in total. The van der Waals surface area contributed by atoms with E-state index in [1.54, 1.807) is 0 Å². The van der Waals surface area contributed by atoms with Gasteiger partial charge in [0.05, 0.1) is 16.8 Å². The molecule has 1 aromatic heterocycles. The number of aromatic nitrogens is 1. The maximum Gasteiger partial charge on any atom is 0.253 e. The normalized spacial score (nSPS) is 16.3. The SMILES string of the molecule is Cc1ccc2nc(C)c(C(=O)NC[C@@H]3CCN(C)c4ccccc43)cc2c1. The Hall–Kier alpha value is -2.88. The third-order valence-electron chi connectivity index (χ3n) is 5.52. The predicted molar refractivity (Wildman–Crippen MR) is 111 cm³/mol. The minimum atomic E-state index is -0.0418. The molecule has 2 heterocycles. The zero-order valence-corrected chi connectivity index (χ0v) is 16.1. The number of fused-ring (bicyclic) bond motifs is 2. The Morgan fingerprint density at radius 1 is 1.19 bits per heavy atom. The van der Waals surface area contributed by atoms with E-state index >= 15 is 0 Å². The van der Waals surface area contributed by atoms with Crippen molar-refractivity contribution < 1.29 is 4.79 Å². The Balaban J connectivity index is 1.54. The quantitative estimate of drug-likeness (QED) is 0.762. The molecule has 1 aliphatic rings. The minimum absolute atomic E-state index is 0.0418. The Bertz CT molecular complexity index is 1010. The molecule has 1 amide bonds. The van der Waals surface area contributed by atoms with Gasteiger partial charge >= 0.3 is 0 Å². The highest BCUT2D eigenvalue weighted by atomic mass is 16.1. The largest absolute Gasteiger partial charge is 0.374 e. The fourth-order valence-electron chi connectivity index (χ4n) is 3.95. The van der Waals surface area contributed by atoms with Gasteiger partial charge in [-0.05, 0) is 50.1 Å². The molecule has 138 valence electrons. The summed E-state index contributed by atoms with van der Waals surface area (Å²) in [6.07, 6.45) is 1.04. The number of para-hydroxylation sites is 1. The third-order valence-corrected chi connectivity index (χ3v) is 5.52. The molecule has 1 aliphatic heterocycles. The minimum Gasteiger partial charge on any atom is -0.374 e. The number of rotatable bonds is 3. The van der Waals surface area contributed by atoms with Crippen LogP contribution in [0.15, 0.2) is 48.5 Å². The van der Waals surface area contributed by atoms with Crippen LogP contribution in [0.5, 0.6) is 0 Å². The summed E-state index contributed by atoms with van der Waals surface area (Å²) in [7, 11) is 2.12. The molecule has 0 saturated carbocycles. The topological polar surface area (TPSA) is 45.2 Å². The highest BCUT2D eigenvalue weighted by Crippen LogP contribution is 2.33. The van der Waals surface area contributed by atoms with E-state index in [9.17, 15) is 4.79 Å². The van der Waals surface area contributed by atoms with Gasteiger partial charge in [-0.2, -0.15) is 0 Å². The smallest absolute Gasteiger partial charge is 0.253 e. The van der Waals surface area contributed by atoms with E-state index in [1.165, 1.54) is 16.8 Å². The van der Waals surface area contributed by atoms with Crippen LogP contribution in [0, 0.1) is 13.8 Å². The van der Waals surface area contributed by atoms with Crippen LogP contribution in [0.3, 0.4) is 0 Å². The molecule has 4 heteroatoms. The molecule has 0 bridgehead atoms. The van der Waals surface area contributed by atoms with Crippen LogP contribution < -0.4 is 10.2 Å². The summed E-state index contributed by atoms with van der Waals surface area (Å²) in [6, 6.07) is 16.6. The second-order valence-corrected chi connectivity index (χ2v) is 7.49. The molecule has 0 radical (unpaired) electrons. The molecule has 27 heavy (non-hydrogen) atoms. The predicted octanol–water partition coefficient (Wildman–Crippen LogP) is 4.21. The number of hydrogen-bond donors (Lipinski definition) is 1. The number of carbonyl (C=O) groups is 1. The molecular weight excluding hydrogens is 334 g/mol. The van der Waals surface area contributed by atoms with E-state index < -0.39 is 0 Å². The lowest BCUT2D eigenvalue weighted by molar-refractivity contribution is 0.0949. The van der Waals surface area contributed by atoms with Crippen LogP contribution in [0.25, 0.3) is 10.9 Å². The first kappa shape index (κ1) is 17.5. The van der Waals surface area contributed by atoms with Crippen molar-refractivity contribution >= 4 is 22.5 Å². The Morgan fingerprint density at radius 2 is 2.00 bits per heavy atom. The second kappa shape index (κ2) is 7.03. The van der Waals surface area contributed by atoms with Gasteiger partial charge in [0.15, 0.2) is 0 Å². The van der Waals surface area contributed by atoms with Gasteiger partial charge in [-0.3, -0.25) is 9.78 Å². The molecule has 0 aliphatic carbocycles. The summed E-state index contributed by atoms with van der Waals surface area (Å²) in [5, 5.41) is 4.16. The van der Waals surface area contributed by atoms with Crippen molar-refractivity contribution in [3.8, 4) is 0 Å². The van der Waals surface area contributed by atoms with Crippen molar-refractivity contribution in [2.24, 2.45) is 0 Å². The van der Waals surface area contributed by atoms with E-state index in [2.05, 4.69) is 59.5 Å². The number of nitrogens with zero attached hydrogens (tertiary/aromatic N) is 2. The Morgan fingerprint density at radius 3 is 2.85 bits per heavy atom. The summed E-state index contributed by atoms with van der Waals surface area (Å²) in [6.45, 7) is 5.61. The van der Waals surface area contributed by atoms with Gasteiger partial charge in [-0.25, -0.2) is 0 Å². The summed E-state index contributed by atoms with van der Waals surface area (Å²) in [5.41, 5.74) is 6.11. The van der Waals surface area contributed by atoms with Crippen LogP contribution in [0.1, 0.15) is 39.5 Å². The fraction of sp³-hybridized carbons (Fsp3) is 0.304. The van der Waals surface area contributed by atoms with Crippen LogP contribution in [-0.4, -0.2) is 31.0 Å². The number of carbonyl (C=O) groups excluding carboxylic acids is 1. The van der Waals surface area contributed by atoms with Crippen LogP contribution in [0.4, 0.5) is 5.69 Å².